The zero-order valence-electron chi connectivity index (χ0n) is 17.6. The molecule has 0 bridgehead atoms. The highest BCUT2D eigenvalue weighted by Gasteiger charge is 2.30. The summed E-state index contributed by atoms with van der Waals surface area (Å²) < 4.78 is 39.8. The van der Waals surface area contributed by atoms with Gasteiger partial charge in [0.2, 0.25) is 5.95 Å². The summed E-state index contributed by atoms with van der Waals surface area (Å²) in [6.45, 7) is 4.15. The molecule has 10 heteroatoms. The van der Waals surface area contributed by atoms with Gasteiger partial charge in [-0.15, -0.1) is 0 Å². The van der Waals surface area contributed by atoms with E-state index in [-0.39, 0.29) is 11.4 Å². The quantitative estimate of drug-likeness (QED) is 0.463. The lowest BCUT2D eigenvalue weighted by molar-refractivity contribution is -0.137. The van der Waals surface area contributed by atoms with Crippen LogP contribution in [0.1, 0.15) is 29.8 Å². The number of carbonyl (C=O) groups is 1. The number of fused-ring (bicyclic) bond motifs is 1. The van der Waals surface area contributed by atoms with Gasteiger partial charge in [-0.1, -0.05) is 0 Å². The minimum atomic E-state index is -4.45. The lowest BCUT2D eigenvalue weighted by atomic mass is 10.1. The van der Waals surface area contributed by atoms with E-state index in [0.29, 0.717) is 6.04 Å². The van der Waals surface area contributed by atoms with E-state index in [1.807, 2.05) is 30.1 Å². The number of imidazole rings is 2. The van der Waals surface area contributed by atoms with Crippen molar-refractivity contribution < 1.29 is 18.0 Å². The fourth-order valence-corrected chi connectivity index (χ4v) is 3.08. The Hall–Kier alpha value is -3.82. The Labute approximate surface area is 181 Å². The largest absolute Gasteiger partial charge is 0.416 e. The molecule has 0 aliphatic rings. The number of anilines is 2. The third-order valence-electron chi connectivity index (χ3n) is 5.16. The number of hydrogen-bond acceptors (Lipinski definition) is 4. The number of H-pyrrole nitrogens is 1. The number of rotatable bonds is 5. The first-order chi connectivity index (χ1) is 15.1. The van der Waals surface area contributed by atoms with E-state index in [1.54, 1.807) is 17.1 Å². The third-order valence-corrected chi connectivity index (χ3v) is 5.16. The first-order valence-electron chi connectivity index (χ1n) is 9.87. The highest BCUT2D eigenvalue weighted by Crippen LogP contribution is 2.29. The number of aromatic amines is 1. The summed E-state index contributed by atoms with van der Waals surface area (Å²) in [4.78, 5) is 26.4. The Morgan fingerprint density at radius 3 is 2.53 bits per heavy atom. The van der Waals surface area contributed by atoms with Crippen LogP contribution in [0.3, 0.4) is 0 Å². The number of benzene rings is 2. The molecular weight excluding hydrogens is 421 g/mol. The van der Waals surface area contributed by atoms with Crippen LogP contribution >= 0.6 is 0 Å². The topological polar surface area (TPSA) is 78.8 Å². The predicted octanol–water partition coefficient (Wildman–Crippen LogP) is 4.86. The highest BCUT2D eigenvalue weighted by atomic mass is 19.4. The van der Waals surface area contributed by atoms with Gasteiger partial charge >= 0.3 is 6.18 Å². The molecule has 7 nitrogen and oxygen atoms in total. The Bertz CT molecular complexity index is 1260. The number of amides is 1. The monoisotopic (exact) mass is 442 g/mol. The second kappa shape index (κ2) is 8.03. The summed E-state index contributed by atoms with van der Waals surface area (Å²) in [6.07, 6.45) is -1.28. The summed E-state index contributed by atoms with van der Waals surface area (Å²) in [5.41, 5.74) is 1.78. The number of nitrogens with one attached hydrogen (secondary N) is 2. The summed E-state index contributed by atoms with van der Waals surface area (Å²) in [6, 6.07) is 9.99. The first-order valence-corrected chi connectivity index (χ1v) is 9.87. The van der Waals surface area contributed by atoms with Gasteiger partial charge in [0.05, 0.1) is 22.8 Å². The number of nitrogens with zero attached hydrogens (tertiary/aromatic N) is 4. The first kappa shape index (κ1) is 21.4. The third kappa shape index (κ3) is 4.29. The normalized spacial score (nSPS) is 11.8. The van der Waals surface area contributed by atoms with Gasteiger partial charge < -0.3 is 19.8 Å². The molecule has 32 heavy (non-hydrogen) atoms. The molecule has 0 aliphatic heterocycles. The van der Waals surface area contributed by atoms with Crippen LogP contribution in [0.5, 0.6) is 0 Å². The molecule has 4 rings (SSSR count). The molecule has 0 spiro atoms. The second-order valence-electron chi connectivity index (χ2n) is 7.66. The van der Waals surface area contributed by atoms with Crippen LogP contribution in [0.15, 0.2) is 55.0 Å². The maximum Gasteiger partial charge on any atom is 0.416 e. The van der Waals surface area contributed by atoms with Crippen molar-refractivity contribution in [3.63, 3.8) is 0 Å². The molecule has 0 saturated carbocycles. The van der Waals surface area contributed by atoms with Gasteiger partial charge in [0, 0.05) is 24.3 Å². The SMILES string of the molecule is CC(C)N(C)c1nc2ccc(-n3cnc(NC(=O)c4ccc(C(F)(F)F)cc4)c3)cc2[nH]1. The Balaban J connectivity index is 1.51. The van der Waals surface area contributed by atoms with Crippen LogP contribution in [0, 0.1) is 0 Å². The van der Waals surface area contributed by atoms with Crippen LogP contribution in [-0.4, -0.2) is 38.5 Å². The smallest absolute Gasteiger partial charge is 0.343 e. The molecule has 2 N–H and O–H groups in total. The van der Waals surface area contributed by atoms with E-state index >= 15 is 0 Å². The van der Waals surface area contributed by atoms with Crippen molar-refractivity contribution in [1.82, 2.24) is 19.5 Å². The number of alkyl halides is 3. The van der Waals surface area contributed by atoms with Gasteiger partial charge in [0.1, 0.15) is 6.33 Å². The maximum absolute atomic E-state index is 12.7. The van der Waals surface area contributed by atoms with Crippen molar-refractivity contribution in [2.24, 2.45) is 0 Å². The fraction of sp³-hybridized carbons (Fsp3) is 0.227. The van der Waals surface area contributed by atoms with Crippen molar-refractivity contribution >= 4 is 28.7 Å². The molecule has 0 fully saturated rings. The fourth-order valence-electron chi connectivity index (χ4n) is 3.08. The lowest BCUT2D eigenvalue weighted by Gasteiger charge is -2.19. The van der Waals surface area contributed by atoms with E-state index in [9.17, 15) is 18.0 Å². The average Bonchev–Trinajstić information content (AvgIpc) is 3.38. The van der Waals surface area contributed by atoms with Crippen molar-refractivity contribution in [1.29, 1.82) is 0 Å². The summed E-state index contributed by atoms with van der Waals surface area (Å²) in [7, 11) is 1.96. The number of halogens is 3. The van der Waals surface area contributed by atoms with Gasteiger partial charge in [0.25, 0.3) is 5.91 Å². The summed E-state index contributed by atoms with van der Waals surface area (Å²) in [5, 5.41) is 2.60. The highest BCUT2D eigenvalue weighted by molar-refractivity contribution is 6.03. The standard InChI is InChI=1S/C22H21F3N6O/c1-13(2)30(3)21-27-17-9-8-16(10-18(17)28-21)31-11-19(26-12-31)29-20(32)14-4-6-15(7-5-14)22(23,24)25/h4-13H,1-3H3,(H,27,28)(H,29,32). The number of carbonyl (C=O) groups excluding carboxylic acids is 1. The zero-order chi connectivity index (χ0) is 23.0. The minimum absolute atomic E-state index is 0.105. The van der Waals surface area contributed by atoms with Crippen LogP contribution in [0.25, 0.3) is 16.7 Å². The van der Waals surface area contributed by atoms with Gasteiger partial charge in [-0.25, -0.2) is 9.97 Å². The van der Waals surface area contributed by atoms with Gasteiger partial charge in [-0.2, -0.15) is 13.2 Å². The Morgan fingerprint density at radius 1 is 1.16 bits per heavy atom. The van der Waals surface area contributed by atoms with E-state index in [2.05, 4.69) is 34.1 Å². The van der Waals surface area contributed by atoms with E-state index in [1.165, 1.54) is 0 Å². The molecule has 0 radical (unpaired) electrons. The lowest BCUT2D eigenvalue weighted by Crippen LogP contribution is -2.26. The van der Waals surface area contributed by atoms with E-state index in [4.69, 9.17) is 0 Å². The molecule has 0 saturated heterocycles. The van der Waals surface area contributed by atoms with Crippen LogP contribution in [-0.2, 0) is 6.18 Å². The molecule has 2 heterocycles. The van der Waals surface area contributed by atoms with Crippen molar-refractivity contribution in [3.05, 3.63) is 66.1 Å². The van der Waals surface area contributed by atoms with Crippen molar-refractivity contribution in [2.45, 2.75) is 26.1 Å². The molecular formula is C22H21F3N6O. The Kier molecular flexibility index (Phi) is 5.37. The molecule has 0 atom stereocenters. The number of aromatic nitrogens is 4. The molecule has 0 aliphatic carbocycles. The predicted molar refractivity (Wildman–Crippen MR) is 116 cm³/mol. The van der Waals surface area contributed by atoms with E-state index in [0.717, 1.165) is 46.9 Å². The second-order valence-corrected chi connectivity index (χ2v) is 7.66. The minimum Gasteiger partial charge on any atom is -0.343 e. The maximum atomic E-state index is 12.7. The molecule has 1 amide bonds. The van der Waals surface area contributed by atoms with Gasteiger partial charge in [-0.3, -0.25) is 4.79 Å². The molecule has 2 aromatic heterocycles. The molecule has 0 unspecified atom stereocenters. The van der Waals surface area contributed by atoms with Crippen molar-refractivity contribution in [3.8, 4) is 5.69 Å². The van der Waals surface area contributed by atoms with Crippen LogP contribution in [0.2, 0.25) is 0 Å². The van der Waals surface area contributed by atoms with E-state index < -0.39 is 17.6 Å². The van der Waals surface area contributed by atoms with Gasteiger partial charge in [0.15, 0.2) is 5.82 Å². The van der Waals surface area contributed by atoms with Crippen LogP contribution in [0.4, 0.5) is 24.9 Å². The van der Waals surface area contributed by atoms with Crippen molar-refractivity contribution in [2.75, 3.05) is 17.3 Å². The summed E-state index contributed by atoms with van der Waals surface area (Å²) in [5.74, 6) is 0.497. The molecule has 4 aromatic rings. The zero-order valence-corrected chi connectivity index (χ0v) is 17.6. The molecule has 2 aromatic carbocycles. The van der Waals surface area contributed by atoms with Crippen LogP contribution < -0.4 is 10.2 Å². The molecule has 166 valence electrons. The Morgan fingerprint density at radius 2 is 1.88 bits per heavy atom. The summed E-state index contributed by atoms with van der Waals surface area (Å²) >= 11 is 0. The van der Waals surface area contributed by atoms with Gasteiger partial charge in [-0.05, 0) is 56.3 Å². The average molecular weight is 442 g/mol. The number of hydrogen-bond donors (Lipinski definition) is 2.